The number of phenolic OH excluding ortho intramolecular Hbond substituents is 1. The smallest absolute Gasteiger partial charge is 0.328 e. The Hall–Kier alpha value is -3.69. The maximum absolute atomic E-state index is 13.1. The molecule has 2 aliphatic rings. The number of carbonyl (C=O) groups is 3. The molecule has 0 radical (unpaired) electrons. The van der Waals surface area contributed by atoms with Crippen molar-refractivity contribution in [2.75, 3.05) is 12.4 Å². The first-order valence-corrected chi connectivity index (χ1v) is 16.1. The van der Waals surface area contributed by atoms with E-state index < -0.39 is 36.2 Å². The number of nitrogens with one attached hydrogen (secondary N) is 2. The second kappa shape index (κ2) is 18.3. The average Bonchev–Trinajstić information content (AvgIpc) is 3.01. The zero-order valence-electron chi connectivity index (χ0n) is 27.0. The molecular formula is C36H50N2O7. The molecule has 45 heavy (non-hydrogen) atoms. The van der Waals surface area contributed by atoms with Crippen LogP contribution in [0, 0.1) is 11.8 Å². The number of aromatic hydroxyl groups is 1. The maximum Gasteiger partial charge on any atom is 0.328 e. The molecule has 9 heteroatoms. The van der Waals surface area contributed by atoms with Gasteiger partial charge in [0.25, 0.3) is 0 Å². The highest BCUT2D eigenvalue weighted by atomic mass is 16.5. The van der Waals surface area contributed by atoms with Crippen LogP contribution in [0.1, 0.15) is 77.7 Å². The molecule has 1 aromatic rings. The number of methoxy groups -OCH3 is 1. The van der Waals surface area contributed by atoms with E-state index in [4.69, 9.17) is 9.47 Å². The molecule has 2 bridgehead atoms. The Morgan fingerprint density at radius 1 is 1.07 bits per heavy atom. The standard InChI is InChI=1S/C36H50N2O7/c1-24-14-13-15-27-20-29(22-30(39)21-27)38-33(40)23-31(44-4)18-11-6-5-7-12-19-32(25(2)34(24)41)45-36(43)26(3)37-35(42)28-16-9-8-10-17-28/h5-7,11-12,14,18,20-22,25-26,28,31-32,34,39,41H,8-10,13,15-17,19,23H2,1-4H3,(H,37,42)(H,38,40)/b6-5+,12-7+,18-11+,24-14-/t25-,26-,31+,32+,34+/m1/s1. The number of rotatable bonds is 5. The van der Waals surface area contributed by atoms with Gasteiger partial charge in [-0.05, 0) is 62.8 Å². The van der Waals surface area contributed by atoms with Gasteiger partial charge in [-0.2, -0.15) is 0 Å². The van der Waals surface area contributed by atoms with Gasteiger partial charge < -0.3 is 30.3 Å². The van der Waals surface area contributed by atoms with E-state index in [0.717, 1.165) is 43.2 Å². The van der Waals surface area contributed by atoms with Crippen LogP contribution in [0.4, 0.5) is 5.69 Å². The van der Waals surface area contributed by atoms with Crippen molar-refractivity contribution < 1.29 is 34.1 Å². The molecule has 5 atom stereocenters. The average molecular weight is 623 g/mol. The third kappa shape index (κ3) is 12.0. The van der Waals surface area contributed by atoms with E-state index in [1.54, 1.807) is 31.2 Å². The maximum atomic E-state index is 13.1. The summed E-state index contributed by atoms with van der Waals surface area (Å²) in [5.74, 6) is -1.33. The number of aliphatic hydroxyl groups is 1. The van der Waals surface area contributed by atoms with Gasteiger partial charge in [-0.25, -0.2) is 4.79 Å². The third-order valence-electron chi connectivity index (χ3n) is 8.52. The van der Waals surface area contributed by atoms with Crippen molar-refractivity contribution in [3.8, 4) is 5.75 Å². The Bertz CT molecular complexity index is 1260. The highest BCUT2D eigenvalue weighted by Gasteiger charge is 2.31. The van der Waals surface area contributed by atoms with Crippen molar-refractivity contribution in [1.29, 1.82) is 0 Å². The van der Waals surface area contributed by atoms with Crippen LogP contribution in [0.5, 0.6) is 5.75 Å². The van der Waals surface area contributed by atoms with E-state index in [0.29, 0.717) is 24.9 Å². The monoisotopic (exact) mass is 622 g/mol. The Morgan fingerprint density at radius 2 is 1.80 bits per heavy atom. The fourth-order valence-electron chi connectivity index (χ4n) is 5.70. The van der Waals surface area contributed by atoms with Gasteiger partial charge in [0.2, 0.25) is 11.8 Å². The quantitative estimate of drug-likeness (QED) is 0.245. The topological polar surface area (TPSA) is 134 Å². The van der Waals surface area contributed by atoms with Crippen LogP contribution in [0.2, 0.25) is 0 Å². The van der Waals surface area contributed by atoms with Crippen LogP contribution < -0.4 is 10.6 Å². The number of phenols is 1. The lowest BCUT2D eigenvalue weighted by Gasteiger charge is -2.29. The van der Waals surface area contributed by atoms with E-state index in [9.17, 15) is 24.6 Å². The van der Waals surface area contributed by atoms with Crippen LogP contribution >= 0.6 is 0 Å². The Morgan fingerprint density at radius 3 is 2.53 bits per heavy atom. The molecule has 1 aromatic carbocycles. The summed E-state index contributed by atoms with van der Waals surface area (Å²) in [5, 5.41) is 27.2. The van der Waals surface area contributed by atoms with E-state index in [2.05, 4.69) is 10.6 Å². The van der Waals surface area contributed by atoms with Crippen molar-refractivity contribution in [2.24, 2.45) is 11.8 Å². The van der Waals surface area contributed by atoms with Gasteiger partial charge in [0.15, 0.2) is 0 Å². The normalized spacial score (nSPS) is 28.2. The van der Waals surface area contributed by atoms with Crippen LogP contribution in [-0.4, -0.2) is 59.5 Å². The van der Waals surface area contributed by atoms with Crippen molar-refractivity contribution in [1.82, 2.24) is 5.32 Å². The fraction of sp³-hybridized carbons (Fsp3) is 0.528. The minimum Gasteiger partial charge on any atom is -0.508 e. The lowest BCUT2D eigenvalue weighted by Crippen LogP contribution is -2.45. The third-order valence-corrected chi connectivity index (χ3v) is 8.52. The molecule has 1 fully saturated rings. The number of allylic oxidation sites excluding steroid dienone is 5. The number of hydrogen-bond acceptors (Lipinski definition) is 7. The predicted molar refractivity (Wildman–Crippen MR) is 175 cm³/mol. The van der Waals surface area contributed by atoms with Crippen molar-refractivity contribution in [3.05, 3.63) is 71.9 Å². The Kier molecular flexibility index (Phi) is 14.6. The summed E-state index contributed by atoms with van der Waals surface area (Å²) in [6.45, 7) is 5.33. The minimum atomic E-state index is -0.874. The second-order valence-corrected chi connectivity index (χ2v) is 12.2. The largest absolute Gasteiger partial charge is 0.508 e. The molecule has 246 valence electrons. The van der Waals surface area contributed by atoms with Gasteiger partial charge in [-0.1, -0.05) is 68.7 Å². The second-order valence-electron chi connectivity index (χ2n) is 12.2. The summed E-state index contributed by atoms with van der Waals surface area (Å²) >= 11 is 0. The van der Waals surface area contributed by atoms with Gasteiger partial charge in [-0.15, -0.1) is 0 Å². The van der Waals surface area contributed by atoms with Gasteiger partial charge in [0, 0.05) is 37.1 Å². The molecule has 1 aliphatic carbocycles. The summed E-state index contributed by atoms with van der Waals surface area (Å²) in [4.78, 5) is 38.5. The molecule has 3 rings (SSSR count). The van der Waals surface area contributed by atoms with Gasteiger partial charge >= 0.3 is 5.97 Å². The zero-order chi connectivity index (χ0) is 32.8. The number of hydrogen-bond donors (Lipinski definition) is 4. The van der Waals surface area contributed by atoms with Gasteiger partial charge in [0.05, 0.1) is 18.6 Å². The molecule has 0 spiro atoms. The minimum absolute atomic E-state index is 0.0465. The summed E-state index contributed by atoms with van der Waals surface area (Å²) in [6, 6.07) is 4.16. The summed E-state index contributed by atoms with van der Waals surface area (Å²) < 4.78 is 11.4. The van der Waals surface area contributed by atoms with Gasteiger partial charge in [0.1, 0.15) is 17.9 Å². The lowest BCUT2D eigenvalue weighted by molar-refractivity contribution is -0.156. The van der Waals surface area contributed by atoms with E-state index in [1.165, 1.54) is 13.2 Å². The fourth-order valence-corrected chi connectivity index (χ4v) is 5.70. The Labute approximate surface area is 267 Å². The van der Waals surface area contributed by atoms with Crippen molar-refractivity contribution >= 4 is 23.5 Å². The number of carbonyl (C=O) groups excluding carboxylic acids is 3. The number of fused-ring (bicyclic) bond motifs is 2. The van der Waals surface area contributed by atoms with Crippen LogP contribution in [0.25, 0.3) is 0 Å². The molecule has 0 aromatic heterocycles. The van der Waals surface area contributed by atoms with E-state index in [1.807, 2.05) is 44.2 Å². The number of ether oxygens (including phenoxy) is 2. The first kappa shape index (κ1) is 35.8. The number of esters is 1. The number of anilines is 1. The van der Waals surface area contributed by atoms with Gasteiger partial charge in [-0.3, -0.25) is 9.59 Å². The highest BCUT2D eigenvalue weighted by Crippen LogP contribution is 2.26. The van der Waals surface area contributed by atoms with Crippen LogP contribution in [-0.2, 0) is 30.3 Å². The zero-order valence-corrected chi connectivity index (χ0v) is 27.0. The molecule has 2 amide bonds. The highest BCUT2D eigenvalue weighted by molar-refractivity contribution is 5.91. The molecule has 9 nitrogen and oxygen atoms in total. The molecule has 1 heterocycles. The molecule has 1 saturated carbocycles. The molecule has 4 N–H and O–H groups in total. The van der Waals surface area contributed by atoms with Crippen molar-refractivity contribution in [2.45, 2.75) is 103 Å². The molecular weight excluding hydrogens is 572 g/mol. The first-order chi connectivity index (χ1) is 21.6. The molecule has 0 unspecified atom stereocenters. The number of aryl methyl sites for hydroxylation is 1. The molecule has 1 aliphatic heterocycles. The number of amides is 2. The first-order valence-electron chi connectivity index (χ1n) is 16.1. The summed E-state index contributed by atoms with van der Waals surface area (Å²) in [5.41, 5.74) is 2.06. The number of benzene rings is 1. The predicted octanol–water partition coefficient (Wildman–Crippen LogP) is 5.68. The number of aliphatic hydroxyl groups excluding tert-OH is 1. The van der Waals surface area contributed by atoms with Crippen LogP contribution in [0.15, 0.2) is 66.3 Å². The molecule has 0 saturated heterocycles. The van der Waals surface area contributed by atoms with E-state index in [-0.39, 0.29) is 29.9 Å². The SMILES string of the molecule is CO[C@H]1/C=C/C=C/C=C/C[C@H](OC(=O)[C@@H](C)NC(=O)C2CCCCC2)[C@@H](C)[C@@H](O)/C(C)=C\CCc2cc(O)cc(c2)NC(=O)C1. The Balaban J connectivity index is 1.78. The lowest BCUT2D eigenvalue weighted by atomic mass is 9.88. The van der Waals surface area contributed by atoms with E-state index >= 15 is 0 Å². The summed E-state index contributed by atoms with van der Waals surface area (Å²) in [7, 11) is 1.54. The summed E-state index contributed by atoms with van der Waals surface area (Å²) in [6.07, 6.45) is 17.4. The van der Waals surface area contributed by atoms with Crippen molar-refractivity contribution in [3.63, 3.8) is 0 Å². The van der Waals surface area contributed by atoms with Crippen LogP contribution in [0.3, 0.4) is 0 Å².